The van der Waals surface area contributed by atoms with E-state index in [4.69, 9.17) is 4.74 Å². The fourth-order valence-electron chi connectivity index (χ4n) is 2.26. The Labute approximate surface area is 130 Å². The summed E-state index contributed by atoms with van der Waals surface area (Å²) in [7, 11) is 1.58. The molecule has 7 heteroatoms. The van der Waals surface area contributed by atoms with Crippen LogP contribution in [0.1, 0.15) is 10.4 Å². The van der Waals surface area contributed by atoms with Crippen LogP contribution in [0.25, 0.3) is 0 Å². The van der Waals surface area contributed by atoms with Crippen LogP contribution >= 0.6 is 0 Å². The average Bonchev–Trinajstić information content (AvgIpc) is 2.54. The van der Waals surface area contributed by atoms with Gasteiger partial charge in [0.05, 0.1) is 11.3 Å². The molecule has 0 saturated carbocycles. The van der Waals surface area contributed by atoms with Gasteiger partial charge in [0.2, 0.25) is 0 Å². The minimum Gasteiger partial charge on any atom is -0.481 e. The van der Waals surface area contributed by atoms with Gasteiger partial charge >= 0.3 is 0 Å². The van der Waals surface area contributed by atoms with Gasteiger partial charge in [-0.05, 0) is 24.3 Å². The lowest BCUT2D eigenvalue weighted by Crippen LogP contribution is -2.36. The second kappa shape index (κ2) is 5.68. The summed E-state index contributed by atoms with van der Waals surface area (Å²) in [6, 6.07) is 7.85. The molecule has 1 N–H and O–H groups in total. The number of rotatable bonds is 2. The van der Waals surface area contributed by atoms with Crippen molar-refractivity contribution in [3.05, 3.63) is 53.6 Å². The van der Waals surface area contributed by atoms with E-state index in [0.717, 1.165) is 12.1 Å². The van der Waals surface area contributed by atoms with Gasteiger partial charge in [0.1, 0.15) is 0 Å². The van der Waals surface area contributed by atoms with Crippen LogP contribution in [-0.2, 0) is 4.79 Å². The molecule has 1 aliphatic rings. The number of nitrogens with zero attached hydrogens (tertiary/aromatic N) is 1. The van der Waals surface area contributed by atoms with Crippen molar-refractivity contribution in [3.63, 3.8) is 0 Å². The van der Waals surface area contributed by atoms with Crippen molar-refractivity contribution in [2.45, 2.75) is 0 Å². The number of para-hydroxylation sites is 1. The molecule has 1 aliphatic heterocycles. The molecule has 5 nitrogen and oxygen atoms in total. The minimum atomic E-state index is -1.06. The van der Waals surface area contributed by atoms with Crippen molar-refractivity contribution >= 4 is 23.2 Å². The van der Waals surface area contributed by atoms with Crippen LogP contribution in [0.5, 0.6) is 5.75 Å². The quantitative estimate of drug-likeness (QED) is 0.926. The zero-order valence-corrected chi connectivity index (χ0v) is 12.1. The van der Waals surface area contributed by atoms with Crippen LogP contribution in [0.3, 0.4) is 0 Å². The molecule has 0 bridgehead atoms. The van der Waals surface area contributed by atoms with Crippen LogP contribution in [0.15, 0.2) is 36.4 Å². The van der Waals surface area contributed by atoms with E-state index in [0.29, 0.717) is 5.69 Å². The van der Waals surface area contributed by atoms with Gasteiger partial charge in [-0.2, -0.15) is 0 Å². The normalized spacial score (nSPS) is 13.3. The highest BCUT2D eigenvalue weighted by molar-refractivity contribution is 6.09. The van der Waals surface area contributed by atoms with E-state index in [1.54, 1.807) is 19.2 Å². The van der Waals surface area contributed by atoms with Gasteiger partial charge in [0.25, 0.3) is 11.8 Å². The Hall–Kier alpha value is -2.96. The fraction of sp³-hybridized carbons (Fsp3) is 0.125. The van der Waals surface area contributed by atoms with Crippen molar-refractivity contribution in [2.24, 2.45) is 0 Å². The maximum Gasteiger partial charge on any atom is 0.264 e. The molecule has 0 aliphatic carbocycles. The maximum atomic E-state index is 13.2. The smallest absolute Gasteiger partial charge is 0.264 e. The Morgan fingerprint density at radius 3 is 2.74 bits per heavy atom. The third kappa shape index (κ3) is 2.73. The molecule has 0 saturated heterocycles. The molecule has 0 unspecified atom stereocenters. The zero-order chi connectivity index (χ0) is 16.6. The number of ether oxygens (including phenoxy) is 1. The van der Waals surface area contributed by atoms with Gasteiger partial charge in [0, 0.05) is 18.8 Å². The lowest BCUT2D eigenvalue weighted by atomic mass is 10.1. The molecule has 0 fully saturated rings. The van der Waals surface area contributed by atoms with Gasteiger partial charge in [-0.15, -0.1) is 0 Å². The summed E-state index contributed by atoms with van der Waals surface area (Å²) >= 11 is 0. The molecule has 0 atom stereocenters. The van der Waals surface area contributed by atoms with Gasteiger partial charge in [-0.1, -0.05) is 6.07 Å². The molecular formula is C16H12F2N2O3. The molecule has 118 valence electrons. The lowest BCUT2D eigenvalue weighted by molar-refractivity contribution is -0.121. The van der Waals surface area contributed by atoms with E-state index in [1.807, 2.05) is 0 Å². The number of fused-ring (bicyclic) bond motifs is 1. The first kappa shape index (κ1) is 15.0. The number of benzene rings is 2. The molecule has 23 heavy (non-hydrogen) atoms. The average molecular weight is 318 g/mol. The summed E-state index contributed by atoms with van der Waals surface area (Å²) in [5.74, 6) is -2.55. The largest absolute Gasteiger partial charge is 0.481 e. The molecule has 3 rings (SSSR count). The second-order valence-corrected chi connectivity index (χ2v) is 4.98. The summed E-state index contributed by atoms with van der Waals surface area (Å²) < 4.78 is 31.5. The highest BCUT2D eigenvalue weighted by Crippen LogP contribution is 2.34. The van der Waals surface area contributed by atoms with Crippen molar-refractivity contribution in [3.8, 4) is 5.75 Å². The molecule has 0 aromatic heterocycles. The minimum absolute atomic E-state index is 0.117. The van der Waals surface area contributed by atoms with Crippen molar-refractivity contribution in [2.75, 3.05) is 23.9 Å². The topological polar surface area (TPSA) is 58.6 Å². The Morgan fingerprint density at radius 1 is 1.22 bits per heavy atom. The van der Waals surface area contributed by atoms with E-state index >= 15 is 0 Å². The fourth-order valence-corrected chi connectivity index (χ4v) is 2.26. The number of amides is 2. The van der Waals surface area contributed by atoms with Gasteiger partial charge in [-0.3, -0.25) is 9.59 Å². The molecule has 1 heterocycles. The summed E-state index contributed by atoms with van der Waals surface area (Å²) in [4.78, 5) is 25.4. The Kier molecular flexibility index (Phi) is 3.69. The SMILES string of the molecule is CN1C(=O)COc2c(C(=O)Nc3ccc(F)c(F)c3)cccc21. The van der Waals surface area contributed by atoms with E-state index in [9.17, 15) is 18.4 Å². The van der Waals surface area contributed by atoms with Gasteiger partial charge < -0.3 is 15.0 Å². The Bertz CT molecular complexity index is 808. The summed E-state index contributed by atoms with van der Waals surface area (Å²) in [6.45, 7) is -0.168. The molecular weight excluding hydrogens is 306 g/mol. The van der Waals surface area contributed by atoms with E-state index in [2.05, 4.69) is 5.32 Å². The first-order chi connectivity index (χ1) is 11.0. The number of hydrogen-bond acceptors (Lipinski definition) is 3. The first-order valence-corrected chi connectivity index (χ1v) is 6.76. The number of likely N-dealkylation sites (N-methyl/N-ethyl adjacent to an activating group) is 1. The molecule has 0 spiro atoms. The third-order valence-electron chi connectivity index (χ3n) is 3.49. The first-order valence-electron chi connectivity index (χ1n) is 6.76. The van der Waals surface area contributed by atoms with Crippen LogP contribution in [0.4, 0.5) is 20.2 Å². The van der Waals surface area contributed by atoms with Crippen LogP contribution in [-0.4, -0.2) is 25.5 Å². The van der Waals surface area contributed by atoms with Gasteiger partial charge in [-0.25, -0.2) is 8.78 Å². The highest BCUT2D eigenvalue weighted by Gasteiger charge is 2.26. The number of carbonyl (C=O) groups is 2. The molecule has 2 aromatic rings. The van der Waals surface area contributed by atoms with Crippen LogP contribution in [0.2, 0.25) is 0 Å². The zero-order valence-electron chi connectivity index (χ0n) is 12.1. The predicted molar refractivity (Wildman–Crippen MR) is 79.7 cm³/mol. The molecule has 0 radical (unpaired) electrons. The van der Waals surface area contributed by atoms with Crippen LogP contribution in [0, 0.1) is 11.6 Å². The summed E-state index contributed by atoms with van der Waals surface area (Å²) in [5, 5.41) is 2.47. The highest BCUT2D eigenvalue weighted by atomic mass is 19.2. The Morgan fingerprint density at radius 2 is 2.00 bits per heavy atom. The van der Waals surface area contributed by atoms with E-state index < -0.39 is 17.5 Å². The number of anilines is 2. The number of carbonyl (C=O) groups excluding carboxylic acids is 2. The maximum absolute atomic E-state index is 13.2. The number of hydrogen-bond donors (Lipinski definition) is 1. The van der Waals surface area contributed by atoms with Gasteiger partial charge in [0.15, 0.2) is 24.0 Å². The standard InChI is InChI=1S/C16H12F2N2O3/c1-20-13-4-2-3-10(15(13)23-8-14(20)21)16(22)19-9-5-6-11(17)12(18)7-9/h2-7H,8H2,1H3,(H,19,22). The van der Waals surface area contributed by atoms with Crippen molar-refractivity contribution < 1.29 is 23.1 Å². The summed E-state index contributed by atoms with van der Waals surface area (Å²) in [6.07, 6.45) is 0. The number of nitrogens with one attached hydrogen (secondary N) is 1. The van der Waals surface area contributed by atoms with Crippen molar-refractivity contribution in [1.82, 2.24) is 0 Å². The summed E-state index contributed by atoms with van der Waals surface area (Å²) in [5.41, 5.74) is 0.789. The van der Waals surface area contributed by atoms with E-state index in [-0.39, 0.29) is 29.5 Å². The monoisotopic (exact) mass is 318 g/mol. The third-order valence-corrected chi connectivity index (χ3v) is 3.49. The predicted octanol–water partition coefficient (Wildman–Crippen LogP) is 2.57. The molecule has 2 amide bonds. The van der Waals surface area contributed by atoms with E-state index in [1.165, 1.54) is 17.0 Å². The Balaban J connectivity index is 1.91. The second-order valence-electron chi connectivity index (χ2n) is 4.98. The molecule has 2 aromatic carbocycles. The van der Waals surface area contributed by atoms with Crippen molar-refractivity contribution in [1.29, 1.82) is 0 Å². The lowest BCUT2D eigenvalue weighted by Gasteiger charge is -2.27. The number of halogens is 2. The van der Waals surface area contributed by atoms with Crippen LogP contribution < -0.4 is 15.0 Å².